The summed E-state index contributed by atoms with van der Waals surface area (Å²) in [5, 5.41) is 0. The molecule has 98 valence electrons. The standard InChI is InChI=1S/C14H12BrFN2O/c1-18(11-4-2-3-10(17)8-11)14(19)12-7-9(16)5-6-13(12)15/h2-8H,17H2,1H3. The molecule has 0 atom stereocenters. The number of nitrogens with zero attached hydrogens (tertiary/aromatic N) is 1. The molecule has 0 aliphatic rings. The van der Waals surface area contributed by atoms with Crippen LogP contribution in [0, 0.1) is 5.82 Å². The van der Waals surface area contributed by atoms with Crippen LogP contribution in [0.4, 0.5) is 15.8 Å². The van der Waals surface area contributed by atoms with Gasteiger partial charge in [0.2, 0.25) is 0 Å². The Kier molecular flexibility index (Phi) is 3.85. The third kappa shape index (κ3) is 2.93. The van der Waals surface area contributed by atoms with Crippen molar-refractivity contribution in [3.63, 3.8) is 0 Å². The van der Waals surface area contributed by atoms with Gasteiger partial charge in [0, 0.05) is 22.9 Å². The molecule has 0 aliphatic heterocycles. The summed E-state index contributed by atoms with van der Waals surface area (Å²) in [7, 11) is 1.62. The number of hydrogen-bond acceptors (Lipinski definition) is 2. The third-order valence-electron chi connectivity index (χ3n) is 2.72. The Labute approximate surface area is 119 Å². The van der Waals surface area contributed by atoms with Crippen molar-refractivity contribution in [2.75, 3.05) is 17.7 Å². The molecule has 5 heteroatoms. The Morgan fingerprint density at radius 3 is 2.68 bits per heavy atom. The average Bonchev–Trinajstić information content (AvgIpc) is 2.40. The molecule has 0 fully saturated rings. The van der Waals surface area contributed by atoms with Gasteiger partial charge in [0.15, 0.2) is 0 Å². The van der Waals surface area contributed by atoms with E-state index >= 15 is 0 Å². The molecule has 0 radical (unpaired) electrons. The number of rotatable bonds is 2. The van der Waals surface area contributed by atoms with Gasteiger partial charge in [-0.25, -0.2) is 4.39 Å². The van der Waals surface area contributed by atoms with E-state index in [4.69, 9.17) is 5.73 Å². The van der Waals surface area contributed by atoms with Crippen molar-refractivity contribution in [1.82, 2.24) is 0 Å². The van der Waals surface area contributed by atoms with E-state index in [0.717, 1.165) is 0 Å². The molecule has 0 saturated heterocycles. The predicted octanol–water partition coefficient (Wildman–Crippen LogP) is 3.45. The maximum Gasteiger partial charge on any atom is 0.259 e. The van der Waals surface area contributed by atoms with Crippen LogP contribution in [0.2, 0.25) is 0 Å². The molecular weight excluding hydrogens is 311 g/mol. The zero-order valence-electron chi connectivity index (χ0n) is 10.2. The van der Waals surface area contributed by atoms with Gasteiger partial charge in [-0.3, -0.25) is 4.79 Å². The van der Waals surface area contributed by atoms with Crippen LogP contribution in [0.15, 0.2) is 46.9 Å². The summed E-state index contributed by atoms with van der Waals surface area (Å²) in [6.07, 6.45) is 0. The third-order valence-corrected chi connectivity index (χ3v) is 3.41. The minimum atomic E-state index is -0.451. The largest absolute Gasteiger partial charge is 0.399 e. The van der Waals surface area contributed by atoms with Crippen molar-refractivity contribution in [3.8, 4) is 0 Å². The Morgan fingerprint density at radius 1 is 1.26 bits per heavy atom. The first-order valence-electron chi connectivity index (χ1n) is 5.57. The van der Waals surface area contributed by atoms with E-state index in [1.54, 1.807) is 31.3 Å². The lowest BCUT2D eigenvalue weighted by Crippen LogP contribution is -2.26. The number of carbonyl (C=O) groups excluding carboxylic acids is 1. The maximum absolute atomic E-state index is 13.2. The lowest BCUT2D eigenvalue weighted by molar-refractivity contribution is 0.0992. The fourth-order valence-electron chi connectivity index (χ4n) is 1.69. The zero-order valence-corrected chi connectivity index (χ0v) is 11.8. The normalized spacial score (nSPS) is 10.3. The lowest BCUT2D eigenvalue weighted by atomic mass is 10.2. The van der Waals surface area contributed by atoms with E-state index in [2.05, 4.69) is 15.9 Å². The number of amides is 1. The van der Waals surface area contributed by atoms with Crippen molar-refractivity contribution in [2.45, 2.75) is 0 Å². The SMILES string of the molecule is CN(C(=O)c1cc(F)ccc1Br)c1cccc(N)c1. The van der Waals surface area contributed by atoms with Gasteiger partial charge in [0.05, 0.1) is 5.56 Å². The van der Waals surface area contributed by atoms with Crippen molar-refractivity contribution < 1.29 is 9.18 Å². The Balaban J connectivity index is 2.36. The number of nitrogen functional groups attached to an aromatic ring is 1. The molecule has 0 saturated carbocycles. The van der Waals surface area contributed by atoms with Gasteiger partial charge in [-0.2, -0.15) is 0 Å². The number of nitrogens with two attached hydrogens (primary N) is 1. The molecule has 2 aromatic rings. The smallest absolute Gasteiger partial charge is 0.259 e. The van der Waals surface area contributed by atoms with Crippen LogP contribution in [0.5, 0.6) is 0 Å². The molecule has 0 bridgehead atoms. The van der Waals surface area contributed by atoms with Gasteiger partial charge in [0.1, 0.15) is 5.82 Å². The Morgan fingerprint density at radius 2 is 2.00 bits per heavy atom. The Bertz CT molecular complexity index is 631. The molecule has 2 N–H and O–H groups in total. The summed E-state index contributed by atoms with van der Waals surface area (Å²) in [6, 6.07) is 11.0. The number of halogens is 2. The van der Waals surface area contributed by atoms with Crippen molar-refractivity contribution >= 4 is 33.2 Å². The molecule has 0 aliphatic carbocycles. The summed E-state index contributed by atoms with van der Waals surface area (Å²) in [6.45, 7) is 0. The molecular formula is C14H12BrFN2O. The van der Waals surface area contributed by atoms with Gasteiger partial charge in [0.25, 0.3) is 5.91 Å². The first-order valence-corrected chi connectivity index (χ1v) is 6.37. The molecule has 2 aromatic carbocycles. The van der Waals surface area contributed by atoms with E-state index < -0.39 is 5.82 Å². The number of benzene rings is 2. The first-order chi connectivity index (χ1) is 8.99. The molecule has 0 aromatic heterocycles. The first kappa shape index (κ1) is 13.5. The average molecular weight is 323 g/mol. The van der Waals surface area contributed by atoms with Crippen LogP contribution in [-0.4, -0.2) is 13.0 Å². The van der Waals surface area contributed by atoms with Crippen molar-refractivity contribution in [3.05, 3.63) is 58.3 Å². The highest BCUT2D eigenvalue weighted by Gasteiger charge is 2.17. The summed E-state index contributed by atoms with van der Waals surface area (Å²) < 4.78 is 13.8. The van der Waals surface area contributed by atoms with E-state index in [1.165, 1.54) is 23.1 Å². The van der Waals surface area contributed by atoms with E-state index in [9.17, 15) is 9.18 Å². The fourth-order valence-corrected chi connectivity index (χ4v) is 2.11. The van der Waals surface area contributed by atoms with Crippen LogP contribution >= 0.6 is 15.9 Å². The van der Waals surface area contributed by atoms with E-state index in [0.29, 0.717) is 15.8 Å². The van der Waals surface area contributed by atoms with Crippen LogP contribution < -0.4 is 10.6 Å². The highest BCUT2D eigenvalue weighted by Crippen LogP contribution is 2.23. The summed E-state index contributed by atoms with van der Waals surface area (Å²) in [5.74, 6) is -0.760. The summed E-state index contributed by atoms with van der Waals surface area (Å²) >= 11 is 3.25. The topological polar surface area (TPSA) is 46.3 Å². The minimum absolute atomic E-state index is 0.268. The maximum atomic E-state index is 13.2. The second-order valence-corrected chi connectivity index (χ2v) is 4.94. The van der Waals surface area contributed by atoms with Crippen LogP contribution in [0.25, 0.3) is 0 Å². The van der Waals surface area contributed by atoms with Gasteiger partial charge in [-0.15, -0.1) is 0 Å². The predicted molar refractivity (Wildman–Crippen MR) is 77.7 cm³/mol. The van der Waals surface area contributed by atoms with Gasteiger partial charge in [-0.1, -0.05) is 6.07 Å². The van der Waals surface area contributed by atoms with Gasteiger partial charge >= 0.3 is 0 Å². The lowest BCUT2D eigenvalue weighted by Gasteiger charge is -2.18. The van der Waals surface area contributed by atoms with E-state index in [-0.39, 0.29) is 11.5 Å². The molecule has 3 nitrogen and oxygen atoms in total. The number of carbonyl (C=O) groups is 1. The van der Waals surface area contributed by atoms with Crippen LogP contribution in [-0.2, 0) is 0 Å². The molecule has 1 amide bonds. The Hall–Kier alpha value is -1.88. The zero-order chi connectivity index (χ0) is 14.0. The summed E-state index contributed by atoms with van der Waals surface area (Å²) in [4.78, 5) is 13.7. The van der Waals surface area contributed by atoms with Crippen molar-refractivity contribution in [2.24, 2.45) is 0 Å². The summed E-state index contributed by atoms with van der Waals surface area (Å²) in [5.41, 5.74) is 7.17. The highest BCUT2D eigenvalue weighted by molar-refractivity contribution is 9.10. The quantitative estimate of drug-likeness (QED) is 0.861. The number of hydrogen-bond donors (Lipinski definition) is 1. The fraction of sp³-hybridized carbons (Fsp3) is 0.0714. The van der Waals surface area contributed by atoms with Gasteiger partial charge in [-0.05, 0) is 52.3 Å². The molecule has 0 unspecified atom stereocenters. The van der Waals surface area contributed by atoms with Gasteiger partial charge < -0.3 is 10.6 Å². The minimum Gasteiger partial charge on any atom is -0.399 e. The molecule has 0 spiro atoms. The monoisotopic (exact) mass is 322 g/mol. The molecule has 0 heterocycles. The number of anilines is 2. The van der Waals surface area contributed by atoms with Crippen LogP contribution in [0.3, 0.4) is 0 Å². The van der Waals surface area contributed by atoms with Crippen LogP contribution in [0.1, 0.15) is 10.4 Å². The highest BCUT2D eigenvalue weighted by atomic mass is 79.9. The van der Waals surface area contributed by atoms with E-state index in [1.807, 2.05) is 0 Å². The second kappa shape index (κ2) is 5.40. The van der Waals surface area contributed by atoms with Crippen molar-refractivity contribution in [1.29, 1.82) is 0 Å². The second-order valence-electron chi connectivity index (χ2n) is 4.08. The molecule has 2 rings (SSSR count). The molecule has 19 heavy (non-hydrogen) atoms.